The van der Waals surface area contributed by atoms with Crippen molar-refractivity contribution in [2.75, 3.05) is 6.61 Å². The van der Waals surface area contributed by atoms with Gasteiger partial charge in [-0.05, 0) is 64.2 Å². The fraction of sp³-hybridized carbons (Fsp3) is 0.891. The molecule has 0 spiro atoms. The summed E-state index contributed by atoms with van der Waals surface area (Å²) in [5.41, 5.74) is 0. The maximum absolute atomic E-state index is 12.4. The normalized spacial score (nSPS) is 14.3. The highest BCUT2D eigenvalue weighted by Gasteiger charge is 2.28. The molecule has 0 aromatic rings. The summed E-state index contributed by atoms with van der Waals surface area (Å²) >= 11 is 0. The third kappa shape index (κ3) is 34.6. The first-order chi connectivity index (χ1) is 25.5. The highest BCUT2D eigenvalue weighted by atomic mass is 16.3. The van der Waals surface area contributed by atoms with Crippen LogP contribution in [0.2, 0.25) is 0 Å². The van der Waals surface area contributed by atoms with Crippen molar-refractivity contribution in [2.24, 2.45) is 0 Å². The maximum atomic E-state index is 12.4. The summed E-state index contributed by atoms with van der Waals surface area (Å²) in [6, 6.07) is -1.00. The quantitative estimate of drug-likeness (QED) is 0.0317. The minimum atomic E-state index is -1.28. The van der Waals surface area contributed by atoms with Gasteiger partial charge in [0.2, 0.25) is 5.91 Å². The highest BCUT2D eigenvalue weighted by Crippen LogP contribution is 2.16. The molecule has 0 aliphatic heterocycles. The molecular weight excluding hydrogens is 647 g/mol. The van der Waals surface area contributed by atoms with Crippen LogP contribution in [0.15, 0.2) is 24.3 Å². The first kappa shape index (κ1) is 50.8. The zero-order chi connectivity index (χ0) is 38.2. The molecule has 0 aliphatic rings. The van der Waals surface area contributed by atoms with Crippen LogP contribution >= 0.6 is 0 Å². The van der Waals surface area contributed by atoms with E-state index in [0.29, 0.717) is 12.8 Å². The van der Waals surface area contributed by atoms with Crippen molar-refractivity contribution in [3.8, 4) is 0 Å². The summed E-state index contributed by atoms with van der Waals surface area (Å²) < 4.78 is 0. The molecule has 0 rings (SSSR count). The van der Waals surface area contributed by atoms with Crippen LogP contribution in [0.1, 0.15) is 232 Å². The average molecular weight is 736 g/mol. The molecule has 0 saturated heterocycles. The van der Waals surface area contributed by atoms with Gasteiger partial charge in [0.05, 0.1) is 18.8 Å². The summed E-state index contributed by atoms with van der Waals surface area (Å²) in [6.07, 6.45) is 46.6. The third-order valence-electron chi connectivity index (χ3n) is 10.6. The largest absolute Gasteiger partial charge is 0.394 e. The van der Waals surface area contributed by atoms with Gasteiger partial charge in [-0.1, -0.05) is 192 Å². The van der Waals surface area contributed by atoms with Gasteiger partial charge in [-0.2, -0.15) is 0 Å². The zero-order valence-electron chi connectivity index (χ0n) is 34.6. The minimum absolute atomic E-state index is 0.349. The zero-order valence-corrected chi connectivity index (χ0v) is 34.6. The molecule has 0 fully saturated rings. The summed E-state index contributed by atoms with van der Waals surface area (Å²) in [5, 5.41) is 43.6. The molecule has 1 amide bonds. The number of aliphatic hydroxyl groups is 4. The molecule has 0 heterocycles. The van der Waals surface area contributed by atoms with E-state index < -0.39 is 36.9 Å². The lowest BCUT2D eigenvalue weighted by Gasteiger charge is -2.27. The number of nitrogens with one attached hydrogen (secondary N) is 1. The van der Waals surface area contributed by atoms with Crippen molar-refractivity contribution in [3.05, 3.63) is 24.3 Å². The monoisotopic (exact) mass is 736 g/mol. The number of aliphatic hydroxyl groups excluding tert-OH is 4. The molecule has 0 bridgehead atoms. The molecule has 308 valence electrons. The van der Waals surface area contributed by atoms with Crippen LogP contribution in [0, 0.1) is 0 Å². The molecule has 0 aromatic heterocycles. The molecule has 0 radical (unpaired) electrons. The van der Waals surface area contributed by atoms with Gasteiger partial charge < -0.3 is 25.7 Å². The van der Waals surface area contributed by atoms with Crippen LogP contribution in [-0.2, 0) is 4.79 Å². The van der Waals surface area contributed by atoms with Gasteiger partial charge >= 0.3 is 0 Å². The minimum Gasteiger partial charge on any atom is -0.394 e. The number of rotatable bonds is 41. The molecule has 4 unspecified atom stereocenters. The molecule has 6 nitrogen and oxygen atoms in total. The lowest BCUT2D eigenvalue weighted by Crippen LogP contribution is -2.53. The van der Waals surface area contributed by atoms with E-state index in [1.807, 2.05) is 0 Å². The molecule has 4 atom stereocenters. The Labute approximate surface area is 323 Å². The van der Waals surface area contributed by atoms with Crippen LogP contribution < -0.4 is 5.32 Å². The van der Waals surface area contributed by atoms with Crippen molar-refractivity contribution >= 4 is 5.91 Å². The number of carbonyl (C=O) groups is 1. The molecule has 0 saturated carbocycles. The second kappa shape index (κ2) is 41.0. The predicted octanol–water partition coefficient (Wildman–Crippen LogP) is 12.0. The van der Waals surface area contributed by atoms with E-state index >= 15 is 0 Å². The summed E-state index contributed by atoms with van der Waals surface area (Å²) in [7, 11) is 0. The van der Waals surface area contributed by atoms with E-state index in [1.165, 1.54) is 148 Å². The topological polar surface area (TPSA) is 110 Å². The number of carbonyl (C=O) groups excluding carboxylic acids is 1. The lowest BCUT2D eigenvalue weighted by molar-refractivity contribution is -0.132. The fourth-order valence-corrected chi connectivity index (χ4v) is 6.99. The van der Waals surface area contributed by atoms with Crippen LogP contribution in [0.4, 0.5) is 0 Å². The second-order valence-electron chi connectivity index (χ2n) is 15.7. The standard InChI is InChI=1S/C46H89NO5/c1-3-5-7-9-11-13-15-16-17-18-19-20-21-22-23-24-25-26-27-28-30-31-33-35-37-39-43(49)45(51)42(41-48)47-46(52)44(50)40-38-36-34-32-29-14-12-10-8-6-4-2/h12,14,31,33,42-45,48-51H,3-11,13,15-30,32,34-41H2,1-2H3,(H,47,52)/b14-12-,33-31+. The van der Waals surface area contributed by atoms with Gasteiger partial charge in [-0.3, -0.25) is 4.79 Å². The predicted molar refractivity (Wildman–Crippen MR) is 224 cm³/mol. The van der Waals surface area contributed by atoms with Crippen molar-refractivity contribution in [1.29, 1.82) is 0 Å². The molecule has 0 aliphatic carbocycles. The first-order valence-corrected chi connectivity index (χ1v) is 22.7. The Morgan fingerprint density at radius 3 is 1.19 bits per heavy atom. The first-order valence-electron chi connectivity index (χ1n) is 22.7. The van der Waals surface area contributed by atoms with Gasteiger partial charge in [0.1, 0.15) is 12.2 Å². The maximum Gasteiger partial charge on any atom is 0.249 e. The van der Waals surface area contributed by atoms with Crippen LogP contribution in [0.5, 0.6) is 0 Å². The fourth-order valence-electron chi connectivity index (χ4n) is 6.99. The molecular formula is C46H89NO5. The van der Waals surface area contributed by atoms with E-state index in [-0.39, 0.29) is 0 Å². The summed E-state index contributed by atoms with van der Waals surface area (Å²) in [5.74, 6) is -0.603. The van der Waals surface area contributed by atoms with E-state index in [2.05, 4.69) is 43.5 Å². The number of hydrogen-bond acceptors (Lipinski definition) is 5. The number of amides is 1. The van der Waals surface area contributed by atoms with Crippen LogP contribution in [0.3, 0.4) is 0 Å². The van der Waals surface area contributed by atoms with Crippen molar-refractivity contribution in [3.63, 3.8) is 0 Å². The van der Waals surface area contributed by atoms with E-state index in [9.17, 15) is 25.2 Å². The summed E-state index contributed by atoms with van der Waals surface area (Å²) in [6.45, 7) is 4.01. The molecule has 6 heteroatoms. The lowest BCUT2D eigenvalue weighted by atomic mass is 10.00. The number of unbranched alkanes of at least 4 members (excludes halogenated alkanes) is 28. The molecule has 0 aromatic carbocycles. The SMILES string of the molecule is CCCCC/C=C\CCCCCCC(O)C(=O)NC(CO)C(O)C(O)CCC/C=C/CCCCCCCCCCCCCCCCCCCCCC. The van der Waals surface area contributed by atoms with Gasteiger partial charge in [0.15, 0.2) is 0 Å². The van der Waals surface area contributed by atoms with Crippen molar-refractivity contribution in [2.45, 2.75) is 257 Å². The van der Waals surface area contributed by atoms with Gasteiger partial charge in [0, 0.05) is 0 Å². The number of hydrogen-bond donors (Lipinski definition) is 5. The highest BCUT2D eigenvalue weighted by molar-refractivity contribution is 5.80. The smallest absolute Gasteiger partial charge is 0.249 e. The Morgan fingerprint density at radius 2 is 0.788 bits per heavy atom. The summed E-state index contributed by atoms with van der Waals surface area (Å²) in [4.78, 5) is 12.4. The number of allylic oxidation sites excluding steroid dienone is 4. The van der Waals surface area contributed by atoms with E-state index in [0.717, 1.165) is 57.8 Å². The molecule has 52 heavy (non-hydrogen) atoms. The Morgan fingerprint density at radius 1 is 0.462 bits per heavy atom. The Balaban J connectivity index is 3.69. The van der Waals surface area contributed by atoms with Gasteiger partial charge in [0.25, 0.3) is 0 Å². The van der Waals surface area contributed by atoms with Gasteiger partial charge in [-0.25, -0.2) is 0 Å². The third-order valence-corrected chi connectivity index (χ3v) is 10.6. The van der Waals surface area contributed by atoms with Gasteiger partial charge in [-0.15, -0.1) is 0 Å². The van der Waals surface area contributed by atoms with Crippen LogP contribution in [0.25, 0.3) is 0 Å². The van der Waals surface area contributed by atoms with Crippen molar-refractivity contribution < 1.29 is 25.2 Å². The molecule has 5 N–H and O–H groups in total. The average Bonchev–Trinajstić information content (AvgIpc) is 3.15. The van der Waals surface area contributed by atoms with Crippen LogP contribution in [-0.4, -0.2) is 57.3 Å². The van der Waals surface area contributed by atoms with Crippen molar-refractivity contribution in [1.82, 2.24) is 5.32 Å². The Hall–Kier alpha value is -1.21. The second-order valence-corrected chi connectivity index (χ2v) is 15.7. The van der Waals surface area contributed by atoms with E-state index in [1.54, 1.807) is 0 Å². The Bertz CT molecular complexity index is 787. The van der Waals surface area contributed by atoms with E-state index in [4.69, 9.17) is 0 Å². The Kier molecular flexibility index (Phi) is 40.0.